The van der Waals surface area contributed by atoms with Crippen molar-refractivity contribution < 1.29 is 65.6 Å². The van der Waals surface area contributed by atoms with Crippen LogP contribution in [0.15, 0.2) is 199 Å². The molecule has 4 atom stereocenters. The number of aliphatic imine (C=N–C) groups is 1. The van der Waals surface area contributed by atoms with Gasteiger partial charge in [-0.2, -0.15) is 0 Å². The Morgan fingerprint density at radius 2 is 0.793 bits per heavy atom. The first kappa shape index (κ1) is 80.2. The number of amides is 4. The Bertz CT molecular complexity index is 3480. The number of carbonyl (C=O) groups is 6. The SMILES string of the molecule is C[C@H](N)C(=O)N=Cc1ccc(OCc2cccc(F)c2)cc1.C[C@H](N)C(N)=O.C[C@H](N)C(N)=O.C[C@H](NCc1ccc(OCc2cccc(F)c2)cc1)C(N)=O.Cl.Fc1cccc(CCl)c1.O=Cc1ccc(O)cc1.O=Cc1ccc(OCc2cccc(F)c2)cc1. The number of alkyl halides is 1. The molecule has 0 aliphatic rings. The quantitative estimate of drug-likeness (QED) is 0.0152. The molecule has 0 radical (unpaired) electrons. The minimum atomic E-state index is -0.606. The van der Waals surface area contributed by atoms with Crippen LogP contribution in [0.5, 0.6) is 23.0 Å². The van der Waals surface area contributed by atoms with Gasteiger partial charge in [-0.15, -0.1) is 24.0 Å². The maximum Gasteiger partial charge on any atom is 0.262 e. The maximum atomic E-state index is 13.1. The van der Waals surface area contributed by atoms with Crippen LogP contribution in [-0.2, 0) is 51.4 Å². The minimum Gasteiger partial charge on any atom is -0.508 e. The number of phenolic OH excluding ortho intramolecular Hbond substituents is 1. The molecule has 0 spiro atoms. The third kappa shape index (κ3) is 36.6. The molecule has 490 valence electrons. The highest BCUT2D eigenvalue weighted by Gasteiger charge is 2.08. The average molecular weight is 1310 g/mol. The number of nitrogens with zero attached hydrogens (tertiary/aromatic N) is 1. The number of benzene rings is 8. The molecule has 0 fully saturated rings. The third-order valence-corrected chi connectivity index (χ3v) is 11.8. The van der Waals surface area contributed by atoms with Crippen LogP contribution in [0.3, 0.4) is 0 Å². The lowest BCUT2D eigenvalue weighted by Gasteiger charge is -2.11. The van der Waals surface area contributed by atoms with E-state index in [1.54, 1.807) is 131 Å². The molecule has 8 aromatic carbocycles. The summed E-state index contributed by atoms with van der Waals surface area (Å²) in [6.45, 7) is 7.85. The van der Waals surface area contributed by atoms with E-state index < -0.39 is 29.9 Å². The highest BCUT2D eigenvalue weighted by Crippen LogP contribution is 2.18. The summed E-state index contributed by atoms with van der Waals surface area (Å²) in [4.78, 5) is 66.1. The van der Waals surface area contributed by atoms with Gasteiger partial charge in [0.2, 0.25) is 17.7 Å². The van der Waals surface area contributed by atoms with Crippen LogP contribution in [0.25, 0.3) is 0 Å². The van der Waals surface area contributed by atoms with E-state index in [4.69, 9.17) is 53.9 Å². The molecule has 0 aromatic heterocycles. The van der Waals surface area contributed by atoms with E-state index in [0.717, 1.165) is 46.0 Å². The Kier molecular flexibility index (Phi) is 39.6. The fraction of sp³-hybridized carbons (Fsp3) is 0.191. The van der Waals surface area contributed by atoms with Crippen LogP contribution in [-0.4, -0.2) is 71.7 Å². The van der Waals surface area contributed by atoms with E-state index in [2.05, 4.69) is 21.8 Å². The molecule has 92 heavy (non-hydrogen) atoms. The number of phenols is 1. The lowest BCUT2D eigenvalue weighted by molar-refractivity contribution is -0.120. The Labute approximate surface area is 543 Å². The van der Waals surface area contributed by atoms with Crippen molar-refractivity contribution in [2.24, 2.45) is 39.4 Å². The Balaban J connectivity index is 0.000000566. The van der Waals surface area contributed by atoms with Gasteiger partial charge < -0.3 is 59.0 Å². The molecular weight excluding hydrogens is 1240 g/mol. The Morgan fingerprint density at radius 3 is 1.09 bits per heavy atom. The third-order valence-electron chi connectivity index (χ3n) is 11.4. The molecule has 14 N–H and O–H groups in total. The number of rotatable bonds is 20. The first-order chi connectivity index (χ1) is 43.3. The molecule has 0 unspecified atom stereocenters. The summed E-state index contributed by atoms with van der Waals surface area (Å²) < 4.78 is 67.9. The van der Waals surface area contributed by atoms with Gasteiger partial charge in [0.25, 0.3) is 5.91 Å². The fourth-order valence-electron chi connectivity index (χ4n) is 6.18. The molecule has 8 aromatic rings. The van der Waals surface area contributed by atoms with E-state index in [0.29, 0.717) is 54.0 Å². The lowest BCUT2D eigenvalue weighted by Crippen LogP contribution is -2.38. The van der Waals surface area contributed by atoms with Crippen LogP contribution in [0.1, 0.15) is 81.8 Å². The predicted octanol–water partition coefficient (Wildman–Crippen LogP) is 10.1. The largest absolute Gasteiger partial charge is 0.508 e. The van der Waals surface area contributed by atoms with E-state index in [1.165, 1.54) is 66.9 Å². The summed E-state index contributed by atoms with van der Waals surface area (Å²) >= 11 is 5.43. The maximum absolute atomic E-state index is 13.1. The number of ether oxygens (including phenoxy) is 3. The van der Waals surface area contributed by atoms with Crippen molar-refractivity contribution in [2.45, 2.75) is 84.1 Å². The van der Waals surface area contributed by atoms with Crippen molar-refractivity contribution in [3.8, 4) is 23.0 Å². The summed E-state index contributed by atoms with van der Waals surface area (Å²) in [5, 5.41) is 11.8. The van der Waals surface area contributed by atoms with Crippen LogP contribution in [0, 0.1) is 23.3 Å². The van der Waals surface area contributed by atoms with Crippen molar-refractivity contribution >= 4 is 66.4 Å². The zero-order valence-electron chi connectivity index (χ0n) is 50.9. The zero-order chi connectivity index (χ0) is 67.7. The van der Waals surface area contributed by atoms with Gasteiger partial charge in [-0.25, -0.2) is 22.6 Å². The molecule has 4 amide bonds. The smallest absolute Gasteiger partial charge is 0.262 e. The number of nitrogens with one attached hydrogen (secondary N) is 1. The topological polar surface area (TPSA) is 331 Å². The van der Waals surface area contributed by atoms with Crippen LogP contribution in [0.2, 0.25) is 0 Å². The number of aromatic hydroxyl groups is 1. The highest BCUT2D eigenvalue weighted by molar-refractivity contribution is 6.17. The van der Waals surface area contributed by atoms with E-state index in [1.807, 2.05) is 30.3 Å². The number of hydrogen-bond donors (Lipinski definition) is 8. The summed E-state index contributed by atoms with van der Waals surface area (Å²) in [5.41, 5.74) is 36.0. The van der Waals surface area contributed by atoms with Crippen LogP contribution in [0.4, 0.5) is 17.6 Å². The first-order valence-electron chi connectivity index (χ1n) is 27.7. The van der Waals surface area contributed by atoms with E-state index in [-0.39, 0.29) is 65.9 Å². The molecule has 0 saturated heterocycles. The van der Waals surface area contributed by atoms with Crippen molar-refractivity contribution in [3.63, 3.8) is 0 Å². The molecular formula is C68H76Cl2F4N8O10. The Morgan fingerprint density at radius 1 is 0.478 bits per heavy atom. The van der Waals surface area contributed by atoms with Crippen LogP contribution >= 0.6 is 24.0 Å². The summed E-state index contributed by atoms with van der Waals surface area (Å²) in [6.07, 6.45) is 2.97. The summed E-state index contributed by atoms with van der Waals surface area (Å²) in [7, 11) is 0. The number of halogens is 6. The highest BCUT2D eigenvalue weighted by atomic mass is 35.5. The molecule has 8 rings (SSSR count). The van der Waals surface area contributed by atoms with Crippen molar-refractivity contribution in [1.29, 1.82) is 0 Å². The van der Waals surface area contributed by atoms with Gasteiger partial charge in [0.15, 0.2) is 0 Å². The normalized spacial score (nSPS) is 11.2. The van der Waals surface area contributed by atoms with Gasteiger partial charge in [-0.05, 0) is 195 Å². The van der Waals surface area contributed by atoms with Crippen molar-refractivity contribution in [1.82, 2.24) is 5.32 Å². The molecule has 0 aliphatic heterocycles. The molecule has 24 heteroatoms. The number of carbonyl (C=O) groups excluding carboxylic acids is 6. The van der Waals surface area contributed by atoms with Gasteiger partial charge in [0.1, 0.15) is 78.7 Å². The van der Waals surface area contributed by atoms with E-state index in [9.17, 15) is 46.3 Å². The van der Waals surface area contributed by atoms with Crippen molar-refractivity contribution in [3.05, 3.63) is 262 Å². The average Bonchev–Trinajstić information content (AvgIpc) is 3.57. The minimum absolute atomic E-state index is 0. The zero-order valence-corrected chi connectivity index (χ0v) is 52.5. The van der Waals surface area contributed by atoms with Gasteiger partial charge in [-0.1, -0.05) is 60.7 Å². The van der Waals surface area contributed by atoms with Gasteiger partial charge in [-0.3, -0.25) is 28.8 Å². The Hall–Kier alpha value is -9.81. The van der Waals surface area contributed by atoms with E-state index >= 15 is 0 Å². The summed E-state index contributed by atoms with van der Waals surface area (Å²) in [5.74, 6) is -0.173. The molecule has 0 saturated carbocycles. The van der Waals surface area contributed by atoms with Gasteiger partial charge in [0, 0.05) is 29.8 Å². The second-order valence-electron chi connectivity index (χ2n) is 19.4. The number of nitrogens with two attached hydrogens (primary N) is 6. The summed E-state index contributed by atoms with van der Waals surface area (Å²) in [6, 6.07) is 50.5. The molecule has 0 aliphatic carbocycles. The number of aldehydes is 2. The van der Waals surface area contributed by atoms with Crippen LogP contribution < -0.4 is 53.9 Å². The fourth-order valence-corrected chi connectivity index (χ4v) is 6.34. The molecule has 18 nitrogen and oxygen atoms in total. The lowest BCUT2D eigenvalue weighted by atomic mass is 10.2. The monoisotopic (exact) mass is 1310 g/mol. The molecule has 0 bridgehead atoms. The van der Waals surface area contributed by atoms with Gasteiger partial charge >= 0.3 is 0 Å². The predicted molar refractivity (Wildman–Crippen MR) is 351 cm³/mol. The van der Waals surface area contributed by atoms with Crippen molar-refractivity contribution in [2.75, 3.05) is 0 Å². The molecule has 0 heterocycles. The standard InChI is InChI=1S/C17H19FN2O2.C17H17FN2O2.C14H11FO2.C7H6ClF.C7H6O2.2C3H8N2O.ClH/c1-12(17(19)21)20-10-13-5-7-16(8-6-13)22-11-14-3-2-4-15(18)9-14;1-12(19)17(21)20-10-13-5-7-16(8-6-13)22-11-14-3-2-4-15(18)9-14;15-13-3-1-2-12(8-13)10-17-14-6-4-11(9-16)5-7-14;8-5-6-2-1-3-7(9)4-6;8-5-6-1-3-7(9)4-2-6;2*1-2(4)3(5)6;/h2-9,12,20H,10-11H2,1H3,(H2,19,21);2-10,12H,11,19H2,1H3;1-9H,10H2;1-4H,5H2;1-5,9H;2*2H,4H2,1H3,(H2,5,6);1H/t2*12-;;;;2*2-;/m00...00./s1. The number of primary amides is 3. The number of hydrogen-bond acceptors (Lipinski definition) is 14. The van der Waals surface area contributed by atoms with Gasteiger partial charge in [0.05, 0.1) is 24.2 Å². The second-order valence-corrected chi connectivity index (χ2v) is 19.7. The second kappa shape index (κ2) is 45.4. The first-order valence-corrected chi connectivity index (χ1v) is 28.2.